The molecule has 0 saturated heterocycles. The monoisotopic (exact) mass is 295 g/mol. The zero-order chi connectivity index (χ0) is 15.2. The molecule has 112 valence electrons. The molecule has 0 bridgehead atoms. The van der Waals surface area contributed by atoms with Gasteiger partial charge in [-0.25, -0.2) is 22.3 Å². The fourth-order valence-electron chi connectivity index (χ4n) is 1.18. The Kier molecular flexibility index (Phi) is 6.77. The Morgan fingerprint density at radius 2 is 1.79 bits per heavy atom. The Balaban J connectivity index is 4.24. The number of carbonyl (C=O) groups is 2. The zero-order valence-corrected chi connectivity index (χ0v) is 12.3. The molecular formula is C10H21N3O5S. The topological polar surface area (TPSA) is 116 Å². The van der Waals surface area contributed by atoms with E-state index in [-0.39, 0.29) is 18.2 Å². The molecule has 0 aromatic carbocycles. The number of carboxylic acid groups (broad SMARTS) is 1. The van der Waals surface area contributed by atoms with E-state index >= 15 is 0 Å². The normalized spacial score (nSPS) is 13.4. The minimum Gasteiger partial charge on any atom is -0.480 e. The molecule has 0 fully saturated rings. The first-order chi connectivity index (χ1) is 8.58. The molecule has 9 heteroatoms. The number of carbonyl (C=O) groups excluding carboxylic acids is 1. The molecule has 19 heavy (non-hydrogen) atoms. The summed E-state index contributed by atoms with van der Waals surface area (Å²) in [4.78, 5) is 22.3. The second kappa shape index (κ2) is 7.29. The quantitative estimate of drug-likeness (QED) is 0.573. The van der Waals surface area contributed by atoms with Crippen LogP contribution in [0.4, 0.5) is 4.79 Å². The van der Waals surface area contributed by atoms with E-state index in [0.717, 1.165) is 4.31 Å². The van der Waals surface area contributed by atoms with Gasteiger partial charge in [0.2, 0.25) is 10.0 Å². The van der Waals surface area contributed by atoms with Gasteiger partial charge in [-0.05, 0) is 5.92 Å². The van der Waals surface area contributed by atoms with Crippen LogP contribution in [0.15, 0.2) is 0 Å². The van der Waals surface area contributed by atoms with E-state index < -0.39 is 28.1 Å². The molecule has 0 aliphatic heterocycles. The summed E-state index contributed by atoms with van der Waals surface area (Å²) in [6, 6.07) is -1.71. The third kappa shape index (κ3) is 6.39. The average molecular weight is 295 g/mol. The number of hydrogen-bond acceptors (Lipinski definition) is 4. The Hall–Kier alpha value is -1.35. The Morgan fingerprint density at radius 1 is 1.26 bits per heavy atom. The SMILES string of the molecule is CC(C)C(NC(=O)NCCS(=O)(=O)N(C)C)C(=O)O. The molecule has 0 heterocycles. The average Bonchev–Trinajstić information content (AvgIpc) is 2.24. The second-order valence-corrected chi connectivity index (χ2v) is 6.86. The number of urea groups is 1. The molecule has 0 spiro atoms. The Labute approximate surface area is 113 Å². The number of nitrogens with one attached hydrogen (secondary N) is 2. The van der Waals surface area contributed by atoms with Gasteiger partial charge in [0.05, 0.1) is 5.75 Å². The molecule has 0 aromatic rings. The minimum atomic E-state index is -3.38. The van der Waals surface area contributed by atoms with Gasteiger partial charge in [-0.2, -0.15) is 0 Å². The summed E-state index contributed by atoms with van der Waals surface area (Å²) < 4.78 is 23.9. The summed E-state index contributed by atoms with van der Waals surface area (Å²) in [5, 5.41) is 13.5. The lowest BCUT2D eigenvalue weighted by Crippen LogP contribution is -2.49. The smallest absolute Gasteiger partial charge is 0.326 e. The van der Waals surface area contributed by atoms with E-state index in [2.05, 4.69) is 10.6 Å². The van der Waals surface area contributed by atoms with Crippen LogP contribution in [-0.2, 0) is 14.8 Å². The number of nitrogens with zero attached hydrogens (tertiary/aromatic N) is 1. The van der Waals surface area contributed by atoms with Crippen molar-refractivity contribution < 1.29 is 23.1 Å². The highest BCUT2D eigenvalue weighted by molar-refractivity contribution is 7.89. The van der Waals surface area contributed by atoms with Crippen LogP contribution in [0.5, 0.6) is 0 Å². The number of hydrogen-bond donors (Lipinski definition) is 3. The van der Waals surface area contributed by atoms with Crippen molar-refractivity contribution >= 4 is 22.0 Å². The molecule has 1 atom stereocenters. The van der Waals surface area contributed by atoms with Crippen molar-refractivity contribution in [2.45, 2.75) is 19.9 Å². The number of carboxylic acids is 1. The maximum Gasteiger partial charge on any atom is 0.326 e. The van der Waals surface area contributed by atoms with Crippen LogP contribution >= 0.6 is 0 Å². The highest BCUT2D eigenvalue weighted by Gasteiger charge is 2.23. The summed E-state index contributed by atoms with van der Waals surface area (Å²) in [7, 11) is -0.586. The van der Waals surface area contributed by atoms with E-state index in [1.807, 2.05) is 0 Å². The number of amides is 2. The maximum absolute atomic E-state index is 11.4. The highest BCUT2D eigenvalue weighted by Crippen LogP contribution is 2.01. The largest absolute Gasteiger partial charge is 0.480 e. The van der Waals surface area contributed by atoms with E-state index in [4.69, 9.17) is 5.11 Å². The summed E-state index contributed by atoms with van der Waals surface area (Å²) >= 11 is 0. The Morgan fingerprint density at radius 3 is 2.16 bits per heavy atom. The van der Waals surface area contributed by atoms with Crippen LogP contribution in [0.2, 0.25) is 0 Å². The third-order valence-corrected chi connectivity index (χ3v) is 4.25. The van der Waals surface area contributed by atoms with Crippen molar-refractivity contribution in [3.63, 3.8) is 0 Å². The summed E-state index contributed by atoms with van der Waals surface area (Å²) in [5.41, 5.74) is 0. The molecule has 1 unspecified atom stereocenters. The Bertz CT molecular complexity index is 419. The molecule has 0 aliphatic rings. The van der Waals surface area contributed by atoms with Gasteiger partial charge in [0, 0.05) is 20.6 Å². The van der Waals surface area contributed by atoms with Gasteiger partial charge < -0.3 is 15.7 Å². The van der Waals surface area contributed by atoms with Crippen LogP contribution in [0, 0.1) is 5.92 Å². The van der Waals surface area contributed by atoms with E-state index in [1.54, 1.807) is 13.8 Å². The lowest BCUT2D eigenvalue weighted by molar-refractivity contribution is -0.140. The summed E-state index contributed by atoms with van der Waals surface area (Å²) in [5.74, 6) is -1.65. The molecule has 0 rings (SSSR count). The molecule has 0 aromatic heterocycles. The first kappa shape index (κ1) is 17.6. The second-order valence-electron chi connectivity index (χ2n) is 4.56. The molecule has 0 radical (unpaired) electrons. The van der Waals surface area contributed by atoms with Crippen molar-refractivity contribution in [1.82, 2.24) is 14.9 Å². The van der Waals surface area contributed by atoms with E-state index in [9.17, 15) is 18.0 Å². The van der Waals surface area contributed by atoms with Gasteiger partial charge in [-0.3, -0.25) is 0 Å². The first-order valence-electron chi connectivity index (χ1n) is 5.75. The van der Waals surface area contributed by atoms with Crippen LogP contribution in [0.1, 0.15) is 13.8 Å². The number of rotatable bonds is 7. The number of aliphatic carboxylic acids is 1. The predicted octanol–water partition coefficient (Wildman–Crippen LogP) is -0.714. The maximum atomic E-state index is 11.4. The lowest BCUT2D eigenvalue weighted by atomic mass is 10.1. The van der Waals surface area contributed by atoms with Gasteiger partial charge >= 0.3 is 12.0 Å². The van der Waals surface area contributed by atoms with Crippen molar-refractivity contribution in [3.8, 4) is 0 Å². The molecule has 0 aliphatic carbocycles. The van der Waals surface area contributed by atoms with Crippen molar-refractivity contribution in [3.05, 3.63) is 0 Å². The third-order valence-electron chi connectivity index (χ3n) is 2.42. The minimum absolute atomic E-state index is 0.0865. The summed E-state index contributed by atoms with van der Waals surface area (Å²) in [6.07, 6.45) is 0. The van der Waals surface area contributed by atoms with Crippen LogP contribution < -0.4 is 10.6 Å². The molecule has 2 amide bonds. The lowest BCUT2D eigenvalue weighted by Gasteiger charge is -2.18. The predicted molar refractivity (Wildman–Crippen MR) is 70.3 cm³/mol. The van der Waals surface area contributed by atoms with Gasteiger partial charge in [-0.15, -0.1) is 0 Å². The zero-order valence-electron chi connectivity index (χ0n) is 11.5. The van der Waals surface area contributed by atoms with Crippen molar-refractivity contribution in [1.29, 1.82) is 0 Å². The van der Waals surface area contributed by atoms with Crippen molar-refractivity contribution in [2.24, 2.45) is 5.92 Å². The van der Waals surface area contributed by atoms with Crippen LogP contribution in [0.3, 0.4) is 0 Å². The van der Waals surface area contributed by atoms with Gasteiger partial charge in [0.25, 0.3) is 0 Å². The molecule has 8 nitrogen and oxygen atoms in total. The van der Waals surface area contributed by atoms with E-state index in [0.29, 0.717) is 0 Å². The molecular weight excluding hydrogens is 274 g/mol. The van der Waals surface area contributed by atoms with Gasteiger partial charge in [0.1, 0.15) is 6.04 Å². The van der Waals surface area contributed by atoms with Gasteiger partial charge in [-0.1, -0.05) is 13.8 Å². The summed E-state index contributed by atoms with van der Waals surface area (Å²) in [6.45, 7) is 3.24. The standard InChI is InChI=1S/C10H21N3O5S/c1-7(2)8(9(14)15)12-10(16)11-5-6-19(17,18)13(3)4/h7-8H,5-6H2,1-4H3,(H,14,15)(H2,11,12,16). The molecule has 0 saturated carbocycles. The highest BCUT2D eigenvalue weighted by atomic mass is 32.2. The van der Waals surface area contributed by atoms with Gasteiger partial charge in [0.15, 0.2) is 0 Å². The van der Waals surface area contributed by atoms with E-state index in [1.165, 1.54) is 14.1 Å². The first-order valence-corrected chi connectivity index (χ1v) is 7.36. The fraction of sp³-hybridized carbons (Fsp3) is 0.800. The molecule has 3 N–H and O–H groups in total. The van der Waals surface area contributed by atoms with Crippen LogP contribution in [-0.4, -0.2) is 62.3 Å². The number of sulfonamides is 1. The fourth-order valence-corrected chi connectivity index (χ4v) is 1.91. The van der Waals surface area contributed by atoms with Crippen molar-refractivity contribution in [2.75, 3.05) is 26.4 Å². The van der Waals surface area contributed by atoms with Crippen LogP contribution in [0.25, 0.3) is 0 Å².